The predicted octanol–water partition coefficient (Wildman–Crippen LogP) is 2.78. The summed E-state index contributed by atoms with van der Waals surface area (Å²) in [5.74, 6) is 0.231. The Morgan fingerprint density at radius 2 is 1.77 bits per heavy atom. The summed E-state index contributed by atoms with van der Waals surface area (Å²) < 4.78 is 41.0. The lowest BCUT2D eigenvalue weighted by Crippen LogP contribution is -2.49. The number of hydrogen-bond donors (Lipinski definition) is 2. The topological polar surface area (TPSA) is 115 Å². The number of alkyl halides is 3. The Bertz CT molecular complexity index is 1320. The van der Waals surface area contributed by atoms with Crippen molar-refractivity contribution in [3.63, 3.8) is 0 Å². The lowest BCUT2D eigenvalue weighted by molar-refractivity contribution is -0.137. The first kappa shape index (κ1) is 27.0. The van der Waals surface area contributed by atoms with Gasteiger partial charge >= 0.3 is 6.18 Å². The van der Waals surface area contributed by atoms with E-state index in [2.05, 4.69) is 45.4 Å². The summed E-state index contributed by atoms with van der Waals surface area (Å²) in [6, 6.07) is 3.79. The van der Waals surface area contributed by atoms with Crippen LogP contribution in [0.5, 0.6) is 0 Å². The minimum absolute atomic E-state index is 0.0231. The number of carbonyl (C=O) groups excluding carboxylic acids is 1. The molecule has 0 atom stereocenters. The van der Waals surface area contributed by atoms with Gasteiger partial charge in [-0.25, -0.2) is 9.97 Å². The zero-order valence-electron chi connectivity index (χ0n) is 21.0. The summed E-state index contributed by atoms with van der Waals surface area (Å²) in [6.45, 7) is 4.10. The van der Waals surface area contributed by atoms with Gasteiger partial charge < -0.3 is 15.5 Å². The highest BCUT2D eigenvalue weighted by atomic mass is 35.5. The van der Waals surface area contributed by atoms with E-state index in [1.807, 2.05) is 0 Å². The standard InChI is InChI=1S/C24H26ClF3N10O/c1-29-22-33-21(25)34-23(35-22)32-18-7-15(6-17(8-18)24(26,27)28)10-36-2-4-37(5-3-36)13-20(39)38-11-16-9-30-14-31-19(16)12-38/h6-9,14H,2-5,10-13H2,1H3,(H2,29,32,33,34,35). The highest BCUT2D eigenvalue weighted by molar-refractivity contribution is 6.28. The SMILES string of the molecule is CNc1nc(Cl)nc(Nc2cc(CN3CCN(CC(=O)N4Cc5cncnc5C4)CC3)cc(C(F)(F)F)c2)n1. The number of hydrogen-bond acceptors (Lipinski definition) is 10. The Morgan fingerprint density at radius 1 is 1.03 bits per heavy atom. The van der Waals surface area contributed by atoms with Crippen LogP contribution in [0.25, 0.3) is 0 Å². The maximum atomic E-state index is 13.7. The molecule has 0 spiro atoms. The van der Waals surface area contributed by atoms with E-state index in [0.717, 1.165) is 23.4 Å². The number of benzene rings is 1. The summed E-state index contributed by atoms with van der Waals surface area (Å²) >= 11 is 5.90. The van der Waals surface area contributed by atoms with E-state index >= 15 is 0 Å². The van der Waals surface area contributed by atoms with Crippen molar-refractivity contribution in [2.45, 2.75) is 25.8 Å². The highest BCUT2D eigenvalue weighted by Crippen LogP contribution is 2.33. The maximum Gasteiger partial charge on any atom is 0.416 e. The van der Waals surface area contributed by atoms with Gasteiger partial charge in [-0.05, 0) is 35.4 Å². The molecule has 2 N–H and O–H groups in total. The van der Waals surface area contributed by atoms with Crippen molar-refractivity contribution >= 4 is 35.1 Å². The molecule has 2 aliphatic rings. The highest BCUT2D eigenvalue weighted by Gasteiger charge is 2.32. The smallest absolute Gasteiger partial charge is 0.357 e. The molecule has 0 radical (unpaired) electrons. The summed E-state index contributed by atoms with van der Waals surface area (Å²) in [6.07, 6.45) is -1.31. The first-order valence-electron chi connectivity index (χ1n) is 12.2. The molecule has 0 saturated carbocycles. The zero-order chi connectivity index (χ0) is 27.6. The van der Waals surface area contributed by atoms with Crippen molar-refractivity contribution in [1.29, 1.82) is 0 Å². The average molecular weight is 563 g/mol. The number of amides is 1. The largest absolute Gasteiger partial charge is 0.416 e. The number of piperazine rings is 1. The van der Waals surface area contributed by atoms with Gasteiger partial charge in [-0.2, -0.15) is 28.1 Å². The monoisotopic (exact) mass is 562 g/mol. The van der Waals surface area contributed by atoms with Crippen molar-refractivity contribution < 1.29 is 18.0 Å². The van der Waals surface area contributed by atoms with E-state index in [1.165, 1.54) is 6.33 Å². The van der Waals surface area contributed by atoms with Crippen LogP contribution in [0.1, 0.15) is 22.4 Å². The fraction of sp³-hybridized carbons (Fsp3) is 0.417. The minimum atomic E-state index is -4.53. The zero-order valence-corrected chi connectivity index (χ0v) is 21.8. The predicted molar refractivity (Wildman–Crippen MR) is 137 cm³/mol. The second-order valence-electron chi connectivity index (χ2n) is 9.34. The molecular weight excluding hydrogens is 537 g/mol. The van der Waals surface area contributed by atoms with Crippen LogP contribution >= 0.6 is 11.6 Å². The van der Waals surface area contributed by atoms with Gasteiger partial charge in [-0.3, -0.25) is 14.6 Å². The summed E-state index contributed by atoms with van der Waals surface area (Å²) in [4.78, 5) is 38.9. The Kier molecular flexibility index (Phi) is 7.77. The van der Waals surface area contributed by atoms with Crippen LogP contribution in [0.3, 0.4) is 0 Å². The quantitative estimate of drug-likeness (QED) is 0.445. The molecule has 1 fully saturated rings. The van der Waals surface area contributed by atoms with E-state index in [4.69, 9.17) is 11.6 Å². The van der Waals surface area contributed by atoms with Crippen LogP contribution in [0.4, 0.5) is 30.8 Å². The van der Waals surface area contributed by atoms with Crippen molar-refractivity contribution in [1.82, 2.24) is 39.6 Å². The van der Waals surface area contributed by atoms with E-state index in [0.29, 0.717) is 51.4 Å². The fourth-order valence-electron chi connectivity index (χ4n) is 4.60. The first-order valence-corrected chi connectivity index (χ1v) is 12.6. The van der Waals surface area contributed by atoms with Crippen LogP contribution in [0.15, 0.2) is 30.7 Å². The Morgan fingerprint density at radius 3 is 2.49 bits per heavy atom. The van der Waals surface area contributed by atoms with Gasteiger partial charge in [0, 0.05) is 63.8 Å². The van der Waals surface area contributed by atoms with Crippen molar-refractivity contribution in [2.75, 3.05) is 50.4 Å². The summed E-state index contributed by atoms with van der Waals surface area (Å²) in [5.41, 5.74) is 1.73. The number of aromatic nitrogens is 5. The molecule has 5 rings (SSSR count). The number of halogens is 4. The number of nitrogens with zero attached hydrogens (tertiary/aromatic N) is 8. The third-order valence-corrected chi connectivity index (χ3v) is 6.74. The summed E-state index contributed by atoms with van der Waals surface area (Å²) in [5, 5.41) is 5.44. The third-order valence-electron chi connectivity index (χ3n) is 6.57. The molecule has 0 bridgehead atoms. The average Bonchev–Trinajstić information content (AvgIpc) is 3.33. The van der Waals surface area contributed by atoms with E-state index < -0.39 is 11.7 Å². The third kappa shape index (κ3) is 6.69. The molecular formula is C24H26ClF3N10O. The van der Waals surface area contributed by atoms with Crippen LogP contribution in [-0.4, -0.2) is 85.3 Å². The lowest BCUT2D eigenvalue weighted by atomic mass is 10.1. The van der Waals surface area contributed by atoms with Crippen LogP contribution in [0.2, 0.25) is 5.28 Å². The van der Waals surface area contributed by atoms with Crippen LogP contribution in [-0.2, 0) is 30.6 Å². The molecule has 11 nitrogen and oxygen atoms in total. The molecule has 2 aromatic heterocycles. The van der Waals surface area contributed by atoms with Gasteiger partial charge in [0.05, 0.1) is 24.3 Å². The molecule has 1 aromatic carbocycles. The second-order valence-corrected chi connectivity index (χ2v) is 9.68. The van der Waals surface area contributed by atoms with Gasteiger partial charge in [0.25, 0.3) is 0 Å². The van der Waals surface area contributed by atoms with Crippen molar-refractivity contribution in [3.8, 4) is 0 Å². The molecule has 15 heteroatoms. The molecule has 39 heavy (non-hydrogen) atoms. The molecule has 206 valence electrons. The minimum Gasteiger partial charge on any atom is -0.357 e. The van der Waals surface area contributed by atoms with E-state index in [1.54, 1.807) is 24.2 Å². The maximum absolute atomic E-state index is 13.7. The molecule has 1 saturated heterocycles. The van der Waals surface area contributed by atoms with Crippen molar-refractivity contribution in [2.24, 2.45) is 0 Å². The normalized spacial score (nSPS) is 16.3. The fourth-order valence-corrected chi connectivity index (χ4v) is 4.76. The summed E-state index contributed by atoms with van der Waals surface area (Å²) in [7, 11) is 1.59. The Labute approximate surface area is 227 Å². The number of carbonyl (C=O) groups is 1. The molecule has 0 unspecified atom stereocenters. The van der Waals surface area contributed by atoms with Crippen molar-refractivity contribution in [3.05, 3.63) is 58.4 Å². The second kappa shape index (κ2) is 11.2. The van der Waals surface area contributed by atoms with Crippen LogP contribution < -0.4 is 10.6 Å². The molecule has 0 aliphatic carbocycles. The molecule has 4 heterocycles. The number of nitrogens with one attached hydrogen (secondary N) is 2. The van der Waals surface area contributed by atoms with E-state index in [9.17, 15) is 18.0 Å². The number of rotatable bonds is 7. The number of anilines is 3. The molecule has 1 amide bonds. The van der Waals surface area contributed by atoms with Gasteiger partial charge in [0.15, 0.2) is 0 Å². The van der Waals surface area contributed by atoms with Gasteiger partial charge in [-0.15, -0.1) is 0 Å². The molecule has 2 aliphatic heterocycles. The van der Waals surface area contributed by atoms with Crippen LogP contribution in [0, 0.1) is 0 Å². The van der Waals surface area contributed by atoms with Gasteiger partial charge in [0.2, 0.25) is 23.1 Å². The number of fused-ring (bicyclic) bond motifs is 1. The Balaban J connectivity index is 1.20. The molecule has 3 aromatic rings. The lowest BCUT2D eigenvalue weighted by Gasteiger charge is -2.35. The van der Waals surface area contributed by atoms with E-state index in [-0.39, 0.29) is 35.3 Å². The Hall–Kier alpha value is -3.62. The first-order chi connectivity index (χ1) is 18.7. The van der Waals surface area contributed by atoms with Gasteiger partial charge in [-0.1, -0.05) is 0 Å². The van der Waals surface area contributed by atoms with Gasteiger partial charge in [0.1, 0.15) is 6.33 Å².